The van der Waals surface area contributed by atoms with E-state index < -0.39 is 0 Å². The lowest BCUT2D eigenvalue weighted by Crippen LogP contribution is -2.32. The van der Waals surface area contributed by atoms with E-state index in [0.29, 0.717) is 11.2 Å². The smallest absolute Gasteiger partial charge is 0.127 e. The highest BCUT2D eigenvalue weighted by atomic mass is 79.9. The Hall–Kier alpha value is -0.190. The van der Waals surface area contributed by atoms with Gasteiger partial charge in [-0.3, -0.25) is 0 Å². The van der Waals surface area contributed by atoms with Crippen molar-refractivity contribution >= 4 is 27.7 Å². The second-order valence-electron chi connectivity index (χ2n) is 5.38. The molecule has 2 aliphatic rings. The average molecular weight is 328 g/mol. The van der Waals surface area contributed by atoms with E-state index in [0.717, 1.165) is 24.5 Å². The maximum absolute atomic E-state index is 6.48. The van der Waals surface area contributed by atoms with Crippen molar-refractivity contribution in [2.45, 2.75) is 37.3 Å². The van der Waals surface area contributed by atoms with Crippen molar-refractivity contribution < 1.29 is 4.74 Å². The quantitative estimate of drug-likeness (QED) is 0.855. The van der Waals surface area contributed by atoms with Crippen LogP contribution in [0.2, 0.25) is 0 Å². The number of rotatable bonds is 1. The summed E-state index contributed by atoms with van der Waals surface area (Å²) < 4.78 is 6.97. The van der Waals surface area contributed by atoms with Crippen LogP contribution in [-0.4, -0.2) is 11.9 Å². The SMILES string of the molecule is CC(C)C1SCc2c3c(cc(Br)c2C1N)CCO3. The molecule has 0 aromatic heterocycles. The van der Waals surface area contributed by atoms with Gasteiger partial charge in [-0.15, -0.1) is 0 Å². The van der Waals surface area contributed by atoms with Gasteiger partial charge in [-0.2, -0.15) is 11.8 Å². The van der Waals surface area contributed by atoms with Crippen LogP contribution in [0.25, 0.3) is 0 Å². The first kappa shape index (κ1) is 12.8. The number of thioether (sulfide) groups is 1. The van der Waals surface area contributed by atoms with Crippen molar-refractivity contribution in [3.8, 4) is 5.75 Å². The van der Waals surface area contributed by atoms with E-state index in [1.807, 2.05) is 11.8 Å². The van der Waals surface area contributed by atoms with Crippen LogP contribution >= 0.6 is 27.7 Å². The molecule has 0 bridgehead atoms. The summed E-state index contributed by atoms with van der Waals surface area (Å²) in [6, 6.07) is 2.30. The number of fused-ring (bicyclic) bond motifs is 3. The molecule has 0 saturated heterocycles. The van der Waals surface area contributed by atoms with Gasteiger partial charge in [0.15, 0.2) is 0 Å². The Morgan fingerprint density at radius 3 is 3.00 bits per heavy atom. The Balaban J connectivity index is 2.11. The van der Waals surface area contributed by atoms with Gasteiger partial charge in [0.05, 0.1) is 6.61 Å². The van der Waals surface area contributed by atoms with Crippen molar-refractivity contribution in [3.05, 3.63) is 27.2 Å². The van der Waals surface area contributed by atoms with E-state index in [2.05, 4.69) is 35.8 Å². The van der Waals surface area contributed by atoms with Gasteiger partial charge in [0.25, 0.3) is 0 Å². The molecule has 2 atom stereocenters. The Kier molecular flexibility index (Phi) is 3.37. The van der Waals surface area contributed by atoms with Crippen molar-refractivity contribution in [1.82, 2.24) is 0 Å². The molecule has 0 radical (unpaired) electrons. The zero-order valence-electron chi connectivity index (χ0n) is 10.7. The molecule has 0 saturated carbocycles. The van der Waals surface area contributed by atoms with Gasteiger partial charge < -0.3 is 10.5 Å². The number of benzene rings is 1. The first-order valence-electron chi connectivity index (χ1n) is 6.43. The third-order valence-corrected chi connectivity index (χ3v) is 6.17. The van der Waals surface area contributed by atoms with E-state index in [-0.39, 0.29) is 6.04 Å². The highest BCUT2D eigenvalue weighted by Crippen LogP contribution is 2.48. The molecule has 0 fully saturated rings. The summed E-state index contributed by atoms with van der Waals surface area (Å²) in [5, 5.41) is 0.494. The van der Waals surface area contributed by atoms with E-state index >= 15 is 0 Å². The molecule has 0 aliphatic carbocycles. The number of hydrogen-bond donors (Lipinski definition) is 1. The predicted octanol–water partition coefficient (Wildman–Crippen LogP) is 3.66. The van der Waals surface area contributed by atoms with Crippen LogP contribution in [-0.2, 0) is 12.2 Å². The van der Waals surface area contributed by atoms with E-state index in [9.17, 15) is 0 Å². The largest absolute Gasteiger partial charge is 0.493 e. The molecule has 2 heterocycles. The fourth-order valence-electron chi connectivity index (χ4n) is 2.94. The van der Waals surface area contributed by atoms with Crippen molar-refractivity contribution in [1.29, 1.82) is 0 Å². The standard InChI is InChI=1S/C14H18BrNOS/c1-7(2)14-12(16)11-9(6-18-14)13-8(3-4-17-13)5-10(11)15/h5,7,12,14H,3-4,6,16H2,1-2H3. The maximum Gasteiger partial charge on any atom is 0.127 e. The zero-order chi connectivity index (χ0) is 12.9. The first-order chi connectivity index (χ1) is 8.59. The molecule has 0 amide bonds. The van der Waals surface area contributed by atoms with Gasteiger partial charge in [-0.1, -0.05) is 29.8 Å². The fraction of sp³-hybridized carbons (Fsp3) is 0.571. The minimum Gasteiger partial charge on any atom is -0.493 e. The normalized spacial score (nSPS) is 25.8. The topological polar surface area (TPSA) is 35.2 Å². The third kappa shape index (κ3) is 1.89. The summed E-state index contributed by atoms with van der Waals surface area (Å²) in [5.74, 6) is 2.73. The summed E-state index contributed by atoms with van der Waals surface area (Å²) in [6.07, 6.45) is 1.02. The average Bonchev–Trinajstić information content (AvgIpc) is 2.76. The Morgan fingerprint density at radius 2 is 2.28 bits per heavy atom. The van der Waals surface area contributed by atoms with E-state index in [4.69, 9.17) is 10.5 Å². The monoisotopic (exact) mass is 327 g/mol. The molecule has 1 aromatic carbocycles. The van der Waals surface area contributed by atoms with Crippen LogP contribution in [0.5, 0.6) is 5.75 Å². The predicted molar refractivity (Wildman–Crippen MR) is 80.2 cm³/mol. The number of hydrogen-bond acceptors (Lipinski definition) is 3. The second-order valence-corrected chi connectivity index (χ2v) is 7.40. The van der Waals surface area contributed by atoms with Crippen molar-refractivity contribution in [2.75, 3.05) is 6.61 Å². The van der Waals surface area contributed by atoms with Crippen molar-refractivity contribution in [2.24, 2.45) is 11.7 Å². The second kappa shape index (κ2) is 4.73. The maximum atomic E-state index is 6.48. The summed E-state index contributed by atoms with van der Waals surface area (Å²) in [5.41, 5.74) is 10.4. The van der Waals surface area contributed by atoms with Crippen LogP contribution in [0, 0.1) is 5.92 Å². The molecule has 2 unspecified atom stereocenters. The molecule has 2 nitrogen and oxygen atoms in total. The molecule has 18 heavy (non-hydrogen) atoms. The van der Waals surface area contributed by atoms with Crippen LogP contribution in [0.15, 0.2) is 10.5 Å². The van der Waals surface area contributed by atoms with E-state index in [1.165, 1.54) is 21.2 Å². The van der Waals surface area contributed by atoms with Gasteiger partial charge in [-0.25, -0.2) is 0 Å². The Bertz CT molecular complexity index is 489. The van der Waals surface area contributed by atoms with Gasteiger partial charge in [0, 0.05) is 33.5 Å². The highest BCUT2D eigenvalue weighted by Gasteiger charge is 2.34. The van der Waals surface area contributed by atoms with Gasteiger partial charge in [0.2, 0.25) is 0 Å². The van der Waals surface area contributed by atoms with Crippen molar-refractivity contribution in [3.63, 3.8) is 0 Å². The highest BCUT2D eigenvalue weighted by molar-refractivity contribution is 9.10. The van der Waals surface area contributed by atoms with Crippen LogP contribution in [0.1, 0.15) is 36.6 Å². The molecule has 2 aliphatic heterocycles. The molecular formula is C14H18BrNOS. The van der Waals surface area contributed by atoms with Gasteiger partial charge >= 0.3 is 0 Å². The molecule has 1 aromatic rings. The number of ether oxygens (including phenoxy) is 1. The minimum absolute atomic E-state index is 0.0997. The van der Waals surface area contributed by atoms with Gasteiger partial charge in [0.1, 0.15) is 5.75 Å². The third-order valence-electron chi connectivity index (χ3n) is 3.83. The lowest BCUT2D eigenvalue weighted by molar-refractivity contribution is 0.353. The molecule has 98 valence electrons. The van der Waals surface area contributed by atoms with Crippen LogP contribution in [0.3, 0.4) is 0 Å². The Morgan fingerprint density at radius 1 is 1.50 bits per heavy atom. The lowest BCUT2D eigenvalue weighted by Gasteiger charge is -2.34. The molecule has 0 spiro atoms. The molecular weight excluding hydrogens is 310 g/mol. The summed E-state index contributed by atoms with van der Waals surface area (Å²) >= 11 is 5.68. The summed E-state index contributed by atoms with van der Waals surface area (Å²) in [6.45, 7) is 5.31. The van der Waals surface area contributed by atoms with Gasteiger partial charge in [-0.05, 0) is 23.1 Å². The summed E-state index contributed by atoms with van der Waals surface area (Å²) in [4.78, 5) is 0. The molecule has 3 rings (SSSR count). The first-order valence-corrected chi connectivity index (χ1v) is 8.28. The van der Waals surface area contributed by atoms with E-state index in [1.54, 1.807) is 0 Å². The zero-order valence-corrected chi connectivity index (χ0v) is 13.1. The molecule has 4 heteroatoms. The lowest BCUT2D eigenvalue weighted by atomic mass is 9.91. The number of nitrogens with two attached hydrogens (primary N) is 1. The number of halogens is 1. The van der Waals surface area contributed by atoms with Crippen LogP contribution < -0.4 is 10.5 Å². The summed E-state index contributed by atoms with van der Waals surface area (Å²) in [7, 11) is 0. The minimum atomic E-state index is 0.0997. The Labute approximate surface area is 121 Å². The molecule has 2 N–H and O–H groups in total. The van der Waals surface area contributed by atoms with Crippen LogP contribution in [0.4, 0.5) is 0 Å². The fourth-order valence-corrected chi connectivity index (χ4v) is 5.10.